The first kappa shape index (κ1) is 21.1. The van der Waals surface area contributed by atoms with E-state index in [4.69, 9.17) is 0 Å². The van der Waals surface area contributed by atoms with Crippen LogP contribution in [0.3, 0.4) is 0 Å². The van der Waals surface area contributed by atoms with E-state index in [0.29, 0.717) is 24.1 Å². The van der Waals surface area contributed by atoms with Crippen LogP contribution in [0, 0.1) is 0 Å². The number of amides is 4. The third-order valence-electron chi connectivity index (χ3n) is 4.22. The number of likely N-dealkylation sites (N-methyl/N-ethyl adjacent to an activating group) is 1. The molecular weight excluding hydrogens is 414 g/mol. The quantitative estimate of drug-likeness (QED) is 0.631. The second-order valence-corrected chi connectivity index (χ2v) is 7.60. The number of nitrogens with zero attached hydrogens (tertiary/aromatic N) is 2. The van der Waals surface area contributed by atoms with Crippen molar-refractivity contribution < 1.29 is 19.2 Å². The maximum Gasteiger partial charge on any atom is 0.261 e. The Labute approximate surface area is 167 Å². The van der Waals surface area contributed by atoms with Crippen molar-refractivity contribution in [2.45, 2.75) is 39.7 Å². The summed E-state index contributed by atoms with van der Waals surface area (Å²) >= 11 is 3.30. The average molecular weight is 438 g/mol. The highest BCUT2D eigenvalue weighted by atomic mass is 79.9. The summed E-state index contributed by atoms with van der Waals surface area (Å²) in [5, 5.41) is 2.76. The Balaban J connectivity index is 1.88. The molecule has 7 nitrogen and oxygen atoms in total. The number of halogens is 1. The molecule has 1 aliphatic rings. The highest BCUT2D eigenvalue weighted by Gasteiger charge is 2.35. The van der Waals surface area contributed by atoms with E-state index in [9.17, 15) is 19.2 Å². The predicted octanol–water partition coefficient (Wildman–Crippen LogP) is 2.20. The zero-order chi connectivity index (χ0) is 20.1. The number of carbonyl (C=O) groups excluding carboxylic acids is 4. The van der Waals surface area contributed by atoms with Crippen molar-refractivity contribution in [1.82, 2.24) is 15.1 Å². The van der Waals surface area contributed by atoms with Gasteiger partial charge in [-0.15, -0.1) is 0 Å². The molecule has 146 valence electrons. The highest BCUT2D eigenvalue weighted by molar-refractivity contribution is 9.10. The van der Waals surface area contributed by atoms with Crippen molar-refractivity contribution in [2.24, 2.45) is 0 Å². The Bertz CT molecular complexity index is 763. The number of carbonyl (C=O) groups is 4. The van der Waals surface area contributed by atoms with Crippen molar-refractivity contribution in [3.63, 3.8) is 0 Å². The monoisotopic (exact) mass is 437 g/mol. The van der Waals surface area contributed by atoms with Crippen LogP contribution >= 0.6 is 15.9 Å². The number of hydrogen-bond acceptors (Lipinski definition) is 4. The summed E-state index contributed by atoms with van der Waals surface area (Å²) < 4.78 is 0.734. The lowest BCUT2D eigenvalue weighted by Crippen LogP contribution is -2.42. The molecular formula is C19H24BrN3O4. The van der Waals surface area contributed by atoms with Gasteiger partial charge >= 0.3 is 0 Å². The fraction of sp³-hybridized carbons (Fsp3) is 0.474. The molecule has 0 bridgehead atoms. The van der Waals surface area contributed by atoms with Gasteiger partial charge in [0.1, 0.15) is 0 Å². The van der Waals surface area contributed by atoms with Crippen LogP contribution < -0.4 is 5.32 Å². The first-order valence-corrected chi connectivity index (χ1v) is 9.76. The minimum atomic E-state index is -0.340. The fourth-order valence-corrected chi connectivity index (χ4v) is 3.29. The molecule has 0 spiro atoms. The summed E-state index contributed by atoms with van der Waals surface area (Å²) in [6, 6.07) is 4.99. The number of nitrogens with one attached hydrogen (secondary N) is 1. The zero-order valence-corrected chi connectivity index (χ0v) is 17.3. The molecule has 1 heterocycles. The van der Waals surface area contributed by atoms with Crippen LogP contribution in [0.4, 0.5) is 0 Å². The normalized spacial score (nSPS) is 13.1. The Morgan fingerprint density at radius 3 is 2.48 bits per heavy atom. The summed E-state index contributed by atoms with van der Waals surface area (Å²) in [6.07, 6.45) is 0.521. The maximum absolute atomic E-state index is 12.4. The molecule has 1 N–H and O–H groups in total. The third kappa shape index (κ3) is 5.15. The van der Waals surface area contributed by atoms with Crippen LogP contribution in [-0.2, 0) is 9.59 Å². The van der Waals surface area contributed by atoms with Gasteiger partial charge in [-0.25, -0.2) is 0 Å². The molecule has 0 saturated heterocycles. The minimum Gasteiger partial charge on any atom is -0.352 e. The van der Waals surface area contributed by atoms with Gasteiger partial charge in [0.05, 0.1) is 17.7 Å². The van der Waals surface area contributed by atoms with E-state index in [-0.39, 0.29) is 49.2 Å². The molecule has 0 radical (unpaired) electrons. The van der Waals surface area contributed by atoms with Crippen molar-refractivity contribution >= 4 is 39.6 Å². The van der Waals surface area contributed by atoms with Crippen LogP contribution in [0.5, 0.6) is 0 Å². The van der Waals surface area contributed by atoms with Crippen LogP contribution in [0.2, 0.25) is 0 Å². The number of imide groups is 1. The summed E-state index contributed by atoms with van der Waals surface area (Å²) in [5.74, 6) is -1.05. The Kier molecular flexibility index (Phi) is 7.12. The highest BCUT2D eigenvalue weighted by Crippen LogP contribution is 2.26. The van der Waals surface area contributed by atoms with Crippen LogP contribution in [0.1, 0.15) is 54.3 Å². The minimum absolute atomic E-state index is 0.00849. The predicted molar refractivity (Wildman–Crippen MR) is 104 cm³/mol. The molecule has 0 unspecified atom stereocenters. The smallest absolute Gasteiger partial charge is 0.261 e. The van der Waals surface area contributed by atoms with E-state index < -0.39 is 0 Å². The molecule has 1 aromatic rings. The molecule has 0 atom stereocenters. The van der Waals surface area contributed by atoms with Crippen molar-refractivity contribution in [3.05, 3.63) is 33.8 Å². The van der Waals surface area contributed by atoms with E-state index in [1.165, 1.54) is 9.80 Å². The van der Waals surface area contributed by atoms with Gasteiger partial charge in [-0.1, -0.05) is 15.9 Å². The van der Waals surface area contributed by atoms with Gasteiger partial charge in [0, 0.05) is 30.0 Å². The van der Waals surface area contributed by atoms with Gasteiger partial charge in [-0.3, -0.25) is 24.1 Å². The molecule has 0 aliphatic carbocycles. The standard InChI is InChI=1S/C19H24BrN3O4/c1-4-22(11-16(24)21-12(2)3)17(25)6-5-9-23-18(26)14-8-7-13(20)10-15(14)19(23)27/h7-8,10,12H,4-6,9,11H2,1-3H3,(H,21,24). The lowest BCUT2D eigenvalue weighted by atomic mass is 10.1. The number of rotatable bonds is 8. The SMILES string of the molecule is CCN(CC(=O)NC(C)C)C(=O)CCCN1C(=O)c2ccc(Br)cc2C1=O. The summed E-state index contributed by atoms with van der Waals surface area (Å²) in [6.45, 7) is 6.13. The van der Waals surface area contributed by atoms with Crippen molar-refractivity contribution in [1.29, 1.82) is 0 Å². The second-order valence-electron chi connectivity index (χ2n) is 6.69. The lowest BCUT2D eigenvalue weighted by molar-refractivity contribution is -0.136. The molecule has 8 heteroatoms. The van der Waals surface area contributed by atoms with Gasteiger partial charge < -0.3 is 10.2 Å². The largest absolute Gasteiger partial charge is 0.352 e. The first-order chi connectivity index (χ1) is 12.7. The Morgan fingerprint density at radius 1 is 1.19 bits per heavy atom. The van der Waals surface area contributed by atoms with Crippen molar-refractivity contribution in [3.8, 4) is 0 Å². The molecule has 0 saturated carbocycles. The van der Waals surface area contributed by atoms with Gasteiger partial charge in [0.15, 0.2) is 0 Å². The molecule has 1 aromatic carbocycles. The molecule has 0 fully saturated rings. The van der Waals surface area contributed by atoms with Gasteiger partial charge in [-0.2, -0.15) is 0 Å². The van der Waals surface area contributed by atoms with Gasteiger partial charge in [0.25, 0.3) is 11.8 Å². The van der Waals surface area contributed by atoms with E-state index in [1.807, 2.05) is 20.8 Å². The van der Waals surface area contributed by atoms with E-state index in [1.54, 1.807) is 18.2 Å². The topological polar surface area (TPSA) is 86.8 Å². The Morgan fingerprint density at radius 2 is 1.85 bits per heavy atom. The summed E-state index contributed by atoms with van der Waals surface area (Å²) in [5.41, 5.74) is 0.760. The molecule has 4 amide bonds. The second kappa shape index (κ2) is 9.12. The Hall–Kier alpha value is -2.22. The average Bonchev–Trinajstić information content (AvgIpc) is 2.83. The summed E-state index contributed by atoms with van der Waals surface area (Å²) in [7, 11) is 0. The lowest BCUT2D eigenvalue weighted by Gasteiger charge is -2.21. The molecule has 0 aromatic heterocycles. The number of fused-ring (bicyclic) bond motifs is 1. The first-order valence-electron chi connectivity index (χ1n) is 8.97. The van der Waals surface area contributed by atoms with Gasteiger partial charge in [-0.05, 0) is 45.4 Å². The molecule has 27 heavy (non-hydrogen) atoms. The maximum atomic E-state index is 12.4. The van der Waals surface area contributed by atoms with Gasteiger partial charge in [0.2, 0.25) is 11.8 Å². The zero-order valence-electron chi connectivity index (χ0n) is 15.8. The third-order valence-corrected chi connectivity index (χ3v) is 4.72. The fourth-order valence-electron chi connectivity index (χ4n) is 2.93. The van der Waals surface area contributed by atoms with Crippen LogP contribution in [-0.4, -0.2) is 59.1 Å². The van der Waals surface area contributed by atoms with E-state index in [0.717, 1.165) is 4.47 Å². The van der Waals surface area contributed by atoms with E-state index in [2.05, 4.69) is 21.2 Å². The number of hydrogen-bond donors (Lipinski definition) is 1. The molecule has 1 aliphatic heterocycles. The van der Waals surface area contributed by atoms with E-state index >= 15 is 0 Å². The van der Waals surface area contributed by atoms with Crippen molar-refractivity contribution in [2.75, 3.05) is 19.6 Å². The number of benzene rings is 1. The van der Waals surface area contributed by atoms with Crippen LogP contribution in [0.25, 0.3) is 0 Å². The summed E-state index contributed by atoms with van der Waals surface area (Å²) in [4.78, 5) is 51.6. The molecule has 2 rings (SSSR count). The van der Waals surface area contributed by atoms with Crippen LogP contribution in [0.15, 0.2) is 22.7 Å².